The van der Waals surface area contributed by atoms with Gasteiger partial charge < -0.3 is 0 Å². The lowest BCUT2D eigenvalue weighted by molar-refractivity contribution is 1.31. The minimum Gasteiger partial charge on any atom is -0.262 e. The van der Waals surface area contributed by atoms with Gasteiger partial charge in [0.05, 0.1) is 22.4 Å². The highest BCUT2D eigenvalue weighted by Crippen LogP contribution is 2.29. The van der Waals surface area contributed by atoms with Crippen LogP contribution in [0, 0.1) is 3.57 Å². The summed E-state index contributed by atoms with van der Waals surface area (Å²) in [5, 5.41) is 1.67. The van der Waals surface area contributed by atoms with Crippen LogP contribution in [0.4, 0.5) is 0 Å². The third kappa shape index (κ3) is 2.20. The second-order valence-electron chi connectivity index (χ2n) is 3.90. The minimum absolute atomic E-state index is 0.663. The second kappa shape index (κ2) is 4.82. The smallest absolute Gasteiger partial charge is 0.0896 e. The van der Waals surface area contributed by atoms with Crippen LogP contribution in [0.25, 0.3) is 22.2 Å². The molecule has 2 nitrogen and oxygen atoms in total. The van der Waals surface area contributed by atoms with Crippen molar-refractivity contribution < 1.29 is 0 Å². The average molecular weight is 367 g/mol. The number of pyridine rings is 2. The molecule has 0 atom stereocenters. The van der Waals surface area contributed by atoms with E-state index < -0.39 is 0 Å². The van der Waals surface area contributed by atoms with E-state index in [0.717, 1.165) is 25.7 Å². The summed E-state index contributed by atoms with van der Waals surface area (Å²) in [5.74, 6) is 0. The first kappa shape index (κ1) is 11.9. The molecule has 0 fully saturated rings. The maximum atomic E-state index is 6.30. The van der Waals surface area contributed by atoms with E-state index in [1.54, 1.807) is 12.4 Å². The van der Waals surface area contributed by atoms with Crippen LogP contribution < -0.4 is 0 Å². The first-order valence-electron chi connectivity index (χ1n) is 5.40. The van der Waals surface area contributed by atoms with Crippen LogP contribution in [0.1, 0.15) is 0 Å². The van der Waals surface area contributed by atoms with Gasteiger partial charge in [0.2, 0.25) is 0 Å². The zero-order valence-corrected chi connectivity index (χ0v) is 12.2. The zero-order valence-electron chi connectivity index (χ0n) is 9.27. The Morgan fingerprint density at radius 3 is 2.83 bits per heavy atom. The molecule has 2 aromatic heterocycles. The quantitative estimate of drug-likeness (QED) is 0.590. The van der Waals surface area contributed by atoms with Crippen molar-refractivity contribution in [2.75, 3.05) is 0 Å². The second-order valence-corrected chi connectivity index (χ2v) is 5.55. The van der Waals surface area contributed by atoms with Crippen LogP contribution in [-0.2, 0) is 0 Å². The van der Waals surface area contributed by atoms with Crippen LogP contribution in [0.5, 0.6) is 0 Å². The fraction of sp³-hybridized carbons (Fsp3) is 0. The molecular formula is C14H8ClIN2. The van der Waals surface area contributed by atoms with E-state index in [1.807, 2.05) is 30.3 Å². The van der Waals surface area contributed by atoms with Gasteiger partial charge in [0, 0.05) is 20.7 Å². The van der Waals surface area contributed by atoms with Crippen molar-refractivity contribution in [3.63, 3.8) is 0 Å². The van der Waals surface area contributed by atoms with Crippen molar-refractivity contribution in [2.24, 2.45) is 0 Å². The Bertz CT molecular complexity index is 728. The van der Waals surface area contributed by atoms with Crippen LogP contribution >= 0.6 is 34.2 Å². The molecule has 0 unspecified atom stereocenters. The molecule has 4 heteroatoms. The maximum absolute atomic E-state index is 6.30. The van der Waals surface area contributed by atoms with Gasteiger partial charge in [-0.25, -0.2) is 4.98 Å². The first-order valence-corrected chi connectivity index (χ1v) is 6.86. The minimum atomic E-state index is 0.663. The van der Waals surface area contributed by atoms with Gasteiger partial charge in [-0.2, -0.15) is 0 Å². The zero-order chi connectivity index (χ0) is 12.5. The Morgan fingerprint density at radius 2 is 2.00 bits per heavy atom. The normalized spacial score (nSPS) is 10.8. The molecule has 0 saturated heterocycles. The highest BCUT2D eigenvalue weighted by atomic mass is 127. The molecule has 88 valence electrons. The molecule has 3 aromatic rings. The maximum Gasteiger partial charge on any atom is 0.0896 e. The number of fused-ring (bicyclic) bond motifs is 1. The Hall–Kier alpha value is -1.20. The topological polar surface area (TPSA) is 25.8 Å². The van der Waals surface area contributed by atoms with Crippen molar-refractivity contribution in [1.29, 1.82) is 0 Å². The summed E-state index contributed by atoms with van der Waals surface area (Å²) in [5.41, 5.74) is 2.68. The Morgan fingerprint density at radius 1 is 1.11 bits per heavy atom. The number of hydrogen-bond acceptors (Lipinski definition) is 2. The van der Waals surface area contributed by atoms with Gasteiger partial charge in [0.25, 0.3) is 0 Å². The molecule has 2 heterocycles. The van der Waals surface area contributed by atoms with Gasteiger partial charge in [0.15, 0.2) is 0 Å². The van der Waals surface area contributed by atoms with E-state index in [1.165, 1.54) is 0 Å². The molecule has 0 saturated carbocycles. The molecule has 18 heavy (non-hydrogen) atoms. The predicted molar refractivity (Wildman–Crippen MR) is 82.7 cm³/mol. The summed E-state index contributed by atoms with van der Waals surface area (Å²) in [4.78, 5) is 8.68. The monoisotopic (exact) mass is 366 g/mol. The molecular weight excluding hydrogens is 359 g/mol. The molecule has 0 aliphatic rings. The third-order valence-corrected chi connectivity index (χ3v) is 3.63. The van der Waals surface area contributed by atoms with Gasteiger partial charge in [-0.1, -0.05) is 23.7 Å². The fourth-order valence-corrected chi connectivity index (χ4v) is 2.64. The Balaban J connectivity index is 2.26. The van der Waals surface area contributed by atoms with Crippen molar-refractivity contribution in [2.45, 2.75) is 0 Å². The molecule has 1 aromatic carbocycles. The van der Waals surface area contributed by atoms with Crippen LogP contribution in [0.2, 0.25) is 5.02 Å². The molecule has 0 aliphatic heterocycles. The van der Waals surface area contributed by atoms with Crippen molar-refractivity contribution in [3.05, 3.63) is 57.4 Å². The van der Waals surface area contributed by atoms with E-state index in [-0.39, 0.29) is 0 Å². The largest absolute Gasteiger partial charge is 0.262 e. The van der Waals surface area contributed by atoms with Crippen LogP contribution in [0.15, 0.2) is 48.8 Å². The summed E-state index contributed by atoms with van der Waals surface area (Å²) in [6, 6.07) is 12.0. The van der Waals surface area contributed by atoms with Crippen LogP contribution in [0.3, 0.4) is 0 Å². The molecule has 0 spiro atoms. The first-order chi connectivity index (χ1) is 8.74. The Labute approximate surface area is 123 Å². The summed E-state index contributed by atoms with van der Waals surface area (Å²) < 4.78 is 1.16. The van der Waals surface area contributed by atoms with Crippen LogP contribution in [-0.4, -0.2) is 9.97 Å². The average Bonchev–Trinajstić information content (AvgIpc) is 2.38. The summed E-state index contributed by atoms with van der Waals surface area (Å²) in [6.07, 6.45) is 3.49. The van der Waals surface area contributed by atoms with Gasteiger partial charge in [-0.3, -0.25) is 4.98 Å². The van der Waals surface area contributed by atoms with Gasteiger partial charge in [-0.15, -0.1) is 0 Å². The van der Waals surface area contributed by atoms with E-state index >= 15 is 0 Å². The van der Waals surface area contributed by atoms with Gasteiger partial charge >= 0.3 is 0 Å². The summed E-state index contributed by atoms with van der Waals surface area (Å²) in [7, 11) is 0. The highest BCUT2D eigenvalue weighted by Gasteiger charge is 2.07. The number of aromatic nitrogens is 2. The van der Waals surface area contributed by atoms with Crippen molar-refractivity contribution in [1.82, 2.24) is 9.97 Å². The number of halogens is 2. The lowest BCUT2D eigenvalue weighted by Crippen LogP contribution is -1.88. The van der Waals surface area contributed by atoms with E-state index in [4.69, 9.17) is 11.6 Å². The lowest BCUT2D eigenvalue weighted by Gasteiger charge is -2.06. The van der Waals surface area contributed by atoms with E-state index in [2.05, 4.69) is 38.6 Å². The molecule has 0 aliphatic carbocycles. The van der Waals surface area contributed by atoms with Gasteiger partial charge in [-0.05, 0) is 46.9 Å². The van der Waals surface area contributed by atoms with E-state index in [9.17, 15) is 0 Å². The SMILES string of the molecule is Clc1cc2ccncc2nc1-c1cccc(I)c1. The molecule has 0 N–H and O–H groups in total. The molecule has 3 rings (SSSR count). The highest BCUT2D eigenvalue weighted by molar-refractivity contribution is 14.1. The summed E-state index contributed by atoms with van der Waals surface area (Å²) in [6.45, 7) is 0. The lowest BCUT2D eigenvalue weighted by atomic mass is 10.1. The number of hydrogen-bond donors (Lipinski definition) is 0. The van der Waals surface area contributed by atoms with Gasteiger partial charge in [0.1, 0.15) is 0 Å². The molecule has 0 radical (unpaired) electrons. The van der Waals surface area contributed by atoms with Crippen molar-refractivity contribution >= 4 is 45.1 Å². The van der Waals surface area contributed by atoms with Crippen molar-refractivity contribution in [3.8, 4) is 11.3 Å². The number of rotatable bonds is 1. The number of benzene rings is 1. The summed E-state index contributed by atoms with van der Waals surface area (Å²) >= 11 is 8.58. The molecule has 0 amide bonds. The molecule has 0 bridgehead atoms. The predicted octanol–water partition coefficient (Wildman–Crippen LogP) is 4.55. The third-order valence-electron chi connectivity index (χ3n) is 2.67. The fourth-order valence-electron chi connectivity index (χ4n) is 1.83. The Kier molecular flexibility index (Phi) is 3.18. The number of nitrogens with zero attached hydrogens (tertiary/aromatic N) is 2. The van der Waals surface area contributed by atoms with E-state index in [0.29, 0.717) is 5.02 Å². The standard InChI is InChI=1S/C14H8ClIN2/c15-12-7-9-4-5-17-8-13(9)18-14(12)10-2-1-3-11(16)6-10/h1-8H.